The van der Waals surface area contributed by atoms with Gasteiger partial charge >= 0.3 is 0 Å². The number of rotatable bonds is 8. The lowest BCUT2D eigenvalue weighted by molar-refractivity contribution is 0.00287. The van der Waals surface area contributed by atoms with Crippen LogP contribution in [0.3, 0.4) is 0 Å². The number of nitrogens with zero attached hydrogens (tertiary/aromatic N) is 2. The third-order valence-electron chi connectivity index (χ3n) is 1.89. The van der Waals surface area contributed by atoms with Crippen molar-refractivity contribution in [1.82, 2.24) is 0 Å². The van der Waals surface area contributed by atoms with E-state index in [2.05, 4.69) is 9.98 Å². The van der Waals surface area contributed by atoms with Crippen LogP contribution in [0.15, 0.2) is 9.98 Å². The van der Waals surface area contributed by atoms with Crippen molar-refractivity contribution in [2.75, 3.05) is 13.1 Å². The van der Waals surface area contributed by atoms with Gasteiger partial charge in [0.25, 0.3) is 0 Å². The maximum atomic E-state index is 9.80. The van der Waals surface area contributed by atoms with E-state index in [9.17, 15) is 9.59 Å². The topological polar surface area (TPSA) is 68.1 Å². The molecular formula is C10H16N2O3. The second-order valence-corrected chi connectivity index (χ2v) is 3.28. The third kappa shape index (κ3) is 9.03. The van der Waals surface area contributed by atoms with Gasteiger partial charge in [0, 0.05) is 0 Å². The molecule has 5 nitrogen and oxygen atoms in total. The fraction of sp³-hybridized carbons (Fsp3) is 0.800. The van der Waals surface area contributed by atoms with Crippen molar-refractivity contribution in [1.29, 1.82) is 0 Å². The molecule has 15 heavy (non-hydrogen) atoms. The minimum absolute atomic E-state index is 0.0392. The van der Waals surface area contributed by atoms with Crippen molar-refractivity contribution in [3.63, 3.8) is 0 Å². The van der Waals surface area contributed by atoms with Crippen LogP contribution < -0.4 is 0 Å². The Kier molecular flexibility index (Phi) is 8.49. The third-order valence-corrected chi connectivity index (χ3v) is 1.89. The highest BCUT2D eigenvalue weighted by Gasteiger charge is 2.07. The molecule has 84 valence electrons. The highest BCUT2D eigenvalue weighted by Crippen LogP contribution is 2.05. The summed E-state index contributed by atoms with van der Waals surface area (Å²) in [6.45, 7) is 4.70. The second kappa shape index (κ2) is 9.28. The second-order valence-electron chi connectivity index (χ2n) is 3.28. The van der Waals surface area contributed by atoms with Gasteiger partial charge in [-0.25, -0.2) is 19.6 Å². The molecule has 0 aliphatic carbocycles. The first-order valence-electron chi connectivity index (χ1n) is 4.93. The molecular weight excluding hydrogens is 196 g/mol. The molecule has 0 heterocycles. The van der Waals surface area contributed by atoms with Crippen LogP contribution in [0, 0.1) is 0 Å². The van der Waals surface area contributed by atoms with Crippen LogP contribution in [0.1, 0.15) is 26.7 Å². The summed E-state index contributed by atoms with van der Waals surface area (Å²) in [6.07, 6.45) is 4.42. The van der Waals surface area contributed by atoms with Gasteiger partial charge in [-0.05, 0) is 26.7 Å². The minimum atomic E-state index is 0.0392. The Hall–Kier alpha value is -1.28. The van der Waals surface area contributed by atoms with E-state index in [0.29, 0.717) is 25.9 Å². The summed E-state index contributed by atoms with van der Waals surface area (Å²) in [7, 11) is 0. The van der Waals surface area contributed by atoms with Gasteiger partial charge in [-0.1, -0.05) is 0 Å². The zero-order valence-electron chi connectivity index (χ0n) is 9.10. The summed E-state index contributed by atoms with van der Waals surface area (Å²) in [5.41, 5.74) is 0. The van der Waals surface area contributed by atoms with Crippen molar-refractivity contribution in [2.45, 2.75) is 38.9 Å². The molecule has 0 N–H and O–H groups in total. The molecule has 0 fully saturated rings. The Bertz CT molecular complexity index is 229. The molecule has 0 aliphatic heterocycles. The molecule has 5 heteroatoms. The molecule has 0 aliphatic rings. The average Bonchev–Trinajstić information content (AvgIpc) is 2.18. The predicted octanol–water partition coefficient (Wildman–Crippen LogP) is 1.23. The van der Waals surface area contributed by atoms with E-state index in [1.54, 1.807) is 0 Å². The van der Waals surface area contributed by atoms with Crippen molar-refractivity contribution in [3.05, 3.63) is 0 Å². The summed E-state index contributed by atoms with van der Waals surface area (Å²) in [6, 6.07) is 0. The van der Waals surface area contributed by atoms with E-state index < -0.39 is 0 Å². The van der Waals surface area contributed by atoms with Gasteiger partial charge in [0.1, 0.15) is 0 Å². The number of hydrogen-bond acceptors (Lipinski definition) is 5. The fourth-order valence-corrected chi connectivity index (χ4v) is 1.12. The summed E-state index contributed by atoms with van der Waals surface area (Å²) in [4.78, 5) is 26.5. The van der Waals surface area contributed by atoms with Gasteiger partial charge in [-0.2, -0.15) is 0 Å². The maximum absolute atomic E-state index is 9.80. The van der Waals surface area contributed by atoms with E-state index in [0.717, 1.165) is 0 Å². The molecule has 0 amide bonds. The molecule has 0 aromatic rings. The summed E-state index contributed by atoms with van der Waals surface area (Å²) in [5, 5.41) is 0. The Morgan fingerprint density at radius 1 is 1.00 bits per heavy atom. The summed E-state index contributed by atoms with van der Waals surface area (Å²) >= 11 is 0. The maximum Gasteiger partial charge on any atom is 0.234 e. The first-order valence-corrected chi connectivity index (χ1v) is 4.93. The standard InChI is InChI=1S/C10H16N2O3/c1-9(3-5-11-7-13)15-10(2)4-6-12-8-14/h9-10H,3-6H2,1-2H3. The lowest BCUT2D eigenvalue weighted by Crippen LogP contribution is -2.18. The van der Waals surface area contributed by atoms with E-state index in [4.69, 9.17) is 4.74 Å². The van der Waals surface area contributed by atoms with Crippen LogP contribution >= 0.6 is 0 Å². The Morgan fingerprint density at radius 2 is 1.40 bits per heavy atom. The van der Waals surface area contributed by atoms with E-state index in [-0.39, 0.29) is 12.2 Å². The SMILES string of the molecule is CC(CCN=C=O)OC(C)CCN=C=O. The van der Waals surface area contributed by atoms with E-state index in [1.165, 1.54) is 12.2 Å². The van der Waals surface area contributed by atoms with Crippen LogP contribution in [0.5, 0.6) is 0 Å². The highest BCUT2D eigenvalue weighted by atomic mass is 16.5. The van der Waals surface area contributed by atoms with Crippen LogP contribution in [0.2, 0.25) is 0 Å². The number of hydrogen-bond donors (Lipinski definition) is 0. The zero-order valence-corrected chi connectivity index (χ0v) is 9.10. The zero-order chi connectivity index (χ0) is 11.5. The Labute approximate surface area is 89.3 Å². The monoisotopic (exact) mass is 212 g/mol. The lowest BCUT2D eigenvalue weighted by atomic mass is 10.2. The number of carbonyl (C=O) groups excluding carboxylic acids is 2. The molecule has 0 saturated heterocycles. The summed E-state index contributed by atoms with van der Waals surface area (Å²) in [5.74, 6) is 0. The van der Waals surface area contributed by atoms with Gasteiger partial charge in [0.05, 0.1) is 25.3 Å². The fourth-order valence-electron chi connectivity index (χ4n) is 1.12. The molecule has 2 unspecified atom stereocenters. The lowest BCUT2D eigenvalue weighted by Gasteiger charge is -2.17. The number of ether oxygens (including phenoxy) is 1. The van der Waals surface area contributed by atoms with Crippen molar-refractivity contribution in [2.24, 2.45) is 9.98 Å². The molecule has 0 aromatic carbocycles. The van der Waals surface area contributed by atoms with Gasteiger partial charge in [0.2, 0.25) is 12.2 Å². The van der Waals surface area contributed by atoms with Crippen molar-refractivity contribution < 1.29 is 14.3 Å². The predicted molar refractivity (Wildman–Crippen MR) is 55.2 cm³/mol. The van der Waals surface area contributed by atoms with Crippen LogP contribution in [-0.2, 0) is 14.3 Å². The van der Waals surface area contributed by atoms with Gasteiger partial charge in [-0.15, -0.1) is 0 Å². The van der Waals surface area contributed by atoms with Gasteiger partial charge in [0.15, 0.2) is 0 Å². The van der Waals surface area contributed by atoms with E-state index >= 15 is 0 Å². The first kappa shape index (κ1) is 13.7. The molecule has 0 bridgehead atoms. The average molecular weight is 212 g/mol. The Balaban J connectivity index is 3.60. The minimum Gasteiger partial charge on any atom is -0.375 e. The summed E-state index contributed by atoms with van der Waals surface area (Å²) < 4.78 is 5.56. The molecule has 2 atom stereocenters. The van der Waals surface area contributed by atoms with Crippen LogP contribution in [-0.4, -0.2) is 37.5 Å². The van der Waals surface area contributed by atoms with Crippen molar-refractivity contribution >= 4 is 12.2 Å². The quantitative estimate of drug-likeness (QED) is 0.449. The number of aliphatic imine (C=N–C) groups is 2. The normalized spacial score (nSPS) is 13.5. The largest absolute Gasteiger partial charge is 0.375 e. The Morgan fingerprint density at radius 3 is 1.73 bits per heavy atom. The van der Waals surface area contributed by atoms with Crippen LogP contribution in [0.4, 0.5) is 0 Å². The van der Waals surface area contributed by atoms with E-state index in [1.807, 2.05) is 13.8 Å². The van der Waals surface area contributed by atoms with Gasteiger partial charge in [-0.3, -0.25) is 0 Å². The molecule has 0 radical (unpaired) electrons. The molecule has 0 spiro atoms. The van der Waals surface area contributed by atoms with Gasteiger partial charge < -0.3 is 4.74 Å². The molecule has 0 rings (SSSR count). The first-order chi connectivity index (χ1) is 7.20. The molecule has 0 saturated carbocycles. The molecule has 0 aromatic heterocycles. The number of isocyanates is 2. The smallest absolute Gasteiger partial charge is 0.234 e. The van der Waals surface area contributed by atoms with Crippen LogP contribution in [0.25, 0.3) is 0 Å². The van der Waals surface area contributed by atoms with Crippen molar-refractivity contribution in [3.8, 4) is 0 Å². The highest BCUT2D eigenvalue weighted by molar-refractivity contribution is 5.32.